The molecule has 0 saturated carbocycles. The summed E-state index contributed by atoms with van der Waals surface area (Å²) in [6.45, 7) is 3.65. The summed E-state index contributed by atoms with van der Waals surface area (Å²) in [7, 11) is 0. The average molecular weight is 302 g/mol. The Morgan fingerprint density at radius 3 is 3.05 bits per heavy atom. The van der Waals surface area contributed by atoms with Crippen molar-refractivity contribution in [1.82, 2.24) is 10.3 Å². The van der Waals surface area contributed by atoms with Gasteiger partial charge in [0.15, 0.2) is 0 Å². The first-order valence-electron chi connectivity index (χ1n) is 6.89. The van der Waals surface area contributed by atoms with Crippen LogP contribution in [0, 0.1) is 6.92 Å². The third kappa shape index (κ3) is 3.06. The number of carbonyl (C=O) groups is 1. The van der Waals surface area contributed by atoms with E-state index >= 15 is 0 Å². The summed E-state index contributed by atoms with van der Waals surface area (Å²) in [6.07, 6.45) is 2.63. The van der Waals surface area contributed by atoms with Crippen LogP contribution in [0.15, 0.2) is 30.5 Å². The number of fused-ring (bicyclic) bond motifs is 1. The molecule has 1 aromatic heterocycles. The van der Waals surface area contributed by atoms with Crippen molar-refractivity contribution in [3.63, 3.8) is 0 Å². The number of benzene rings is 1. The Balaban J connectivity index is 1.79. The van der Waals surface area contributed by atoms with Crippen LogP contribution in [0.2, 0.25) is 5.02 Å². The lowest BCUT2D eigenvalue weighted by atomic mass is 10.1. The second kappa shape index (κ2) is 5.84. The SMILES string of the molecule is Cc1ccc(C(=O)Nc2cnc3c(c2)CNCC3)cc1Cl. The van der Waals surface area contributed by atoms with E-state index < -0.39 is 0 Å². The number of amides is 1. The second-order valence-electron chi connectivity index (χ2n) is 5.17. The van der Waals surface area contributed by atoms with E-state index in [1.54, 1.807) is 18.3 Å². The van der Waals surface area contributed by atoms with E-state index in [2.05, 4.69) is 15.6 Å². The maximum absolute atomic E-state index is 12.2. The number of halogens is 1. The summed E-state index contributed by atoms with van der Waals surface area (Å²) in [5.74, 6) is -0.178. The molecule has 0 atom stereocenters. The number of nitrogens with zero attached hydrogens (tertiary/aromatic N) is 1. The number of aromatic nitrogens is 1. The monoisotopic (exact) mass is 301 g/mol. The van der Waals surface area contributed by atoms with E-state index in [0.29, 0.717) is 16.3 Å². The maximum Gasteiger partial charge on any atom is 0.255 e. The van der Waals surface area contributed by atoms with Crippen molar-refractivity contribution in [1.29, 1.82) is 0 Å². The van der Waals surface area contributed by atoms with Crippen LogP contribution in [0.5, 0.6) is 0 Å². The Hall–Kier alpha value is -1.91. The molecule has 0 radical (unpaired) electrons. The van der Waals surface area contributed by atoms with E-state index in [-0.39, 0.29) is 5.91 Å². The largest absolute Gasteiger partial charge is 0.321 e. The molecule has 0 bridgehead atoms. The van der Waals surface area contributed by atoms with Gasteiger partial charge >= 0.3 is 0 Å². The molecule has 0 spiro atoms. The van der Waals surface area contributed by atoms with Crippen molar-refractivity contribution in [3.8, 4) is 0 Å². The Morgan fingerprint density at radius 1 is 1.38 bits per heavy atom. The standard InChI is InChI=1S/C16H16ClN3O/c1-10-2-3-11(7-14(10)17)16(21)20-13-6-12-8-18-5-4-15(12)19-9-13/h2-3,6-7,9,18H,4-5,8H2,1H3,(H,20,21). The highest BCUT2D eigenvalue weighted by Gasteiger charge is 2.12. The van der Waals surface area contributed by atoms with Crippen LogP contribution in [-0.4, -0.2) is 17.4 Å². The van der Waals surface area contributed by atoms with E-state index in [0.717, 1.165) is 36.3 Å². The van der Waals surface area contributed by atoms with Gasteiger partial charge < -0.3 is 10.6 Å². The molecule has 21 heavy (non-hydrogen) atoms. The Labute approximate surface area is 128 Å². The minimum absolute atomic E-state index is 0.178. The molecule has 1 amide bonds. The van der Waals surface area contributed by atoms with Gasteiger partial charge in [-0.2, -0.15) is 0 Å². The fraction of sp³-hybridized carbons (Fsp3) is 0.250. The van der Waals surface area contributed by atoms with Crippen molar-refractivity contribution in [3.05, 3.63) is 57.9 Å². The lowest BCUT2D eigenvalue weighted by Crippen LogP contribution is -2.24. The van der Waals surface area contributed by atoms with Crippen LogP contribution < -0.4 is 10.6 Å². The average Bonchev–Trinajstić information content (AvgIpc) is 2.50. The molecule has 108 valence electrons. The minimum Gasteiger partial charge on any atom is -0.321 e. The number of anilines is 1. The van der Waals surface area contributed by atoms with Crippen LogP contribution in [-0.2, 0) is 13.0 Å². The first kappa shape index (κ1) is 14.0. The molecule has 1 aliphatic rings. The molecule has 1 aromatic carbocycles. The number of aryl methyl sites for hydroxylation is 1. The van der Waals surface area contributed by atoms with Crippen molar-refractivity contribution in [2.45, 2.75) is 19.9 Å². The molecule has 0 unspecified atom stereocenters. The maximum atomic E-state index is 12.2. The number of hydrogen-bond donors (Lipinski definition) is 2. The first-order chi connectivity index (χ1) is 10.1. The highest BCUT2D eigenvalue weighted by molar-refractivity contribution is 6.31. The molecular weight excluding hydrogens is 286 g/mol. The lowest BCUT2D eigenvalue weighted by molar-refractivity contribution is 0.102. The van der Waals surface area contributed by atoms with Crippen LogP contribution >= 0.6 is 11.6 Å². The quantitative estimate of drug-likeness (QED) is 0.897. The molecule has 5 heteroatoms. The van der Waals surface area contributed by atoms with E-state index in [9.17, 15) is 4.79 Å². The van der Waals surface area contributed by atoms with E-state index in [4.69, 9.17) is 11.6 Å². The molecule has 0 saturated heterocycles. The Bertz CT molecular complexity index is 700. The smallest absolute Gasteiger partial charge is 0.255 e. The molecule has 2 heterocycles. The highest BCUT2D eigenvalue weighted by atomic mass is 35.5. The van der Waals surface area contributed by atoms with Gasteiger partial charge in [0, 0.05) is 35.8 Å². The third-order valence-corrected chi connectivity index (χ3v) is 4.01. The van der Waals surface area contributed by atoms with Gasteiger partial charge in [0.25, 0.3) is 5.91 Å². The number of hydrogen-bond acceptors (Lipinski definition) is 3. The van der Waals surface area contributed by atoms with Crippen LogP contribution in [0.3, 0.4) is 0 Å². The van der Waals surface area contributed by atoms with Gasteiger partial charge in [-0.15, -0.1) is 0 Å². The molecule has 0 aliphatic carbocycles. The van der Waals surface area contributed by atoms with Crippen molar-refractivity contribution >= 4 is 23.2 Å². The normalized spacial score (nSPS) is 13.6. The second-order valence-corrected chi connectivity index (χ2v) is 5.58. The number of nitrogens with one attached hydrogen (secondary N) is 2. The summed E-state index contributed by atoms with van der Waals surface area (Å²) >= 11 is 6.06. The van der Waals surface area contributed by atoms with Gasteiger partial charge in [-0.25, -0.2) is 0 Å². The molecule has 2 N–H and O–H groups in total. The van der Waals surface area contributed by atoms with Gasteiger partial charge in [0.1, 0.15) is 0 Å². The molecule has 3 rings (SSSR count). The molecular formula is C16H16ClN3O. The van der Waals surface area contributed by atoms with E-state index in [1.807, 2.05) is 19.1 Å². The van der Waals surface area contributed by atoms with Crippen LogP contribution in [0.25, 0.3) is 0 Å². The predicted molar refractivity (Wildman–Crippen MR) is 83.8 cm³/mol. The first-order valence-corrected chi connectivity index (χ1v) is 7.27. The fourth-order valence-electron chi connectivity index (χ4n) is 2.35. The summed E-state index contributed by atoms with van der Waals surface area (Å²) in [4.78, 5) is 16.6. The topological polar surface area (TPSA) is 54.0 Å². The molecule has 1 aliphatic heterocycles. The van der Waals surface area contributed by atoms with Crippen LogP contribution in [0.4, 0.5) is 5.69 Å². The lowest BCUT2D eigenvalue weighted by Gasteiger charge is -2.17. The van der Waals surface area contributed by atoms with Gasteiger partial charge in [-0.05, 0) is 36.2 Å². The van der Waals surface area contributed by atoms with E-state index in [1.165, 1.54) is 0 Å². The number of carbonyl (C=O) groups excluding carboxylic acids is 1. The fourth-order valence-corrected chi connectivity index (χ4v) is 2.53. The van der Waals surface area contributed by atoms with Gasteiger partial charge in [0.2, 0.25) is 0 Å². The molecule has 0 fully saturated rings. The van der Waals surface area contributed by atoms with Crippen molar-refractivity contribution < 1.29 is 4.79 Å². The third-order valence-electron chi connectivity index (χ3n) is 3.61. The Morgan fingerprint density at radius 2 is 2.24 bits per heavy atom. The van der Waals surface area contributed by atoms with Gasteiger partial charge in [-0.1, -0.05) is 17.7 Å². The zero-order valence-corrected chi connectivity index (χ0v) is 12.5. The molecule has 4 nitrogen and oxygen atoms in total. The summed E-state index contributed by atoms with van der Waals surface area (Å²) in [5, 5.41) is 6.76. The van der Waals surface area contributed by atoms with Crippen molar-refractivity contribution in [2.24, 2.45) is 0 Å². The van der Waals surface area contributed by atoms with Gasteiger partial charge in [0.05, 0.1) is 11.9 Å². The van der Waals surface area contributed by atoms with Crippen molar-refractivity contribution in [2.75, 3.05) is 11.9 Å². The summed E-state index contributed by atoms with van der Waals surface area (Å²) in [6, 6.07) is 7.26. The summed E-state index contributed by atoms with van der Waals surface area (Å²) < 4.78 is 0. The Kier molecular flexibility index (Phi) is 3.90. The van der Waals surface area contributed by atoms with Crippen LogP contribution in [0.1, 0.15) is 27.2 Å². The summed E-state index contributed by atoms with van der Waals surface area (Å²) in [5.41, 5.74) is 4.45. The van der Waals surface area contributed by atoms with Gasteiger partial charge in [-0.3, -0.25) is 9.78 Å². The zero-order chi connectivity index (χ0) is 14.8. The number of rotatable bonds is 2. The number of pyridine rings is 1. The molecule has 2 aromatic rings. The highest BCUT2D eigenvalue weighted by Crippen LogP contribution is 2.19. The zero-order valence-electron chi connectivity index (χ0n) is 11.7. The minimum atomic E-state index is -0.178. The predicted octanol–water partition coefficient (Wildman–Crippen LogP) is 2.94.